The number of hydrogen-bond acceptors (Lipinski definition) is 2. The standard InChI is InChI=1S/C14H26N2O/c1-4-6-13-14(17)16(10(3)15-13)12(5-2)9-11-7-8-11/h10-13,15H,4-9H2,1-3H3. The van der Waals surface area contributed by atoms with Gasteiger partial charge in [-0.25, -0.2) is 0 Å². The molecular formula is C14H26N2O. The molecule has 98 valence electrons. The van der Waals surface area contributed by atoms with Gasteiger partial charge in [-0.05, 0) is 32.1 Å². The third-order valence-electron chi connectivity index (χ3n) is 4.16. The summed E-state index contributed by atoms with van der Waals surface area (Å²) in [5, 5.41) is 3.44. The molecule has 1 saturated heterocycles. The lowest BCUT2D eigenvalue weighted by Crippen LogP contribution is -2.43. The molecule has 2 fully saturated rings. The lowest BCUT2D eigenvalue weighted by Gasteiger charge is -2.30. The smallest absolute Gasteiger partial charge is 0.241 e. The summed E-state index contributed by atoms with van der Waals surface area (Å²) in [6.45, 7) is 6.48. The first kappa shape index (κ1) is 12.9. The normalized spacial score (nSPS) is 31.0. The minimum Gasteiger partial charge on any atom is -0.323 e. The van der Waals surface area contributed by atoms with Crippen LogP contribution < -0.4 is 5.32 Å². The van der Waals surface area contributed by atoms with E-state index in [9.17, 15) is 4.79 Å². The van der Waals surface area contributed by atoms with E-state index in [1.807, 2.05) is 0 Å². The van der Waals surface area contributed by atoms with Crippen LogP contribution in [0.5, 0.6) is 0 Å². The average Bonchev–Trinajstić information content (AvgIpc) is 3.06. The van der Waals surface area contributed by atoms with E-state index in [1.165, 1.54) is 19.3 Å². The summed E-state index contributed by atoms with van der Waals surface area (Å²) in [6, 6.07) is 0.530. The molecule has 1 heterocycles. The van der Waals surface area contributed by atoms with Crippen LogP contribution in [0.1, 0.15) is 59.3 Å². The van der Waals surface area contributed by atoms with Gasteiger partial charge in [0.05, 0.1) is 12.2 Å². The van der Waals surface area contributed by atoms with Crippen molar-refractivity contribution in [3.05, 3.63) is 0 Å². The molecule has 3 unspecified atom stereocenters. The number of carbonyl (C=O) groups is 1. The number of nitrogens with zero attached hydrogens (tertiary/aromatic N) is 1. The van der Waals surface area contributed by atoms with Crippen LogP contribution in [0.15, 0.2) is 0 Å². The predicted octanol–water partition coefficient (Wildman–Crippen LogP) is 2.51. The number of amides is 1. The molecule has 0 bridgehead atoms. The molecule has 0 radical (unpaired) electrons. The van der Waals surface area contributed by atoms with Crippen molar-refractivity contribution in [2.75, 3.05) is 0 Å². The largest absolute Gasteiger partial charge is 0.323 e. The van der Waals surface area contributed by atoms with Gasteiger partial charge in [0.15, 0.2) is 0 Å². The lowest BCUT2D eigenvalue weighted by molar-refractivity contribution is -0.132. The molecule has 1 aliphatic carbocycles. The van der Waals surface area contributed by atoms with Crippen LogP contribution in [0.3, 0.4) is 0 Å². The SMILES string of the molecule is CCCC1NC(C)N(C(CC)CC2CC2)C1=O. The Morgan fingerprint density at radius 3 is 2.65 bits per heavy atom. The molecule has 1 aliphatic heterocycles. The van der Waals surface area contributed by atoms with Gasteiger partial charge in [-0.3, -0.25) is 10.1 Å². The maximum absolute atomic E-state index is 12.4. The fourth-order valence-electron chi connectivity index (χ4n) is 3.02. The predicted molar refractivity (Wildman–Crippen MR) is 69.6 cm³/mol. The fraction of sp³-hybridized carbons (Fsp3) is 0.929. The van der Waals surface area contributed by atoms with Crippen molar-refractivity contribution in [3.8, 4) is 0 Å². The Morgan fingerprint density at radius 1 is 1.41 bits per heavy atom. The van der Waals surface area contributed by atoms with E-state index in [0.717, 1.165) is 25.2 Å². The van der Waals surface area contributed by atoms with Crippen LogP contribution in [-0.4, -0.2) is 29.1 Å². The second-order valence-electron chi connectivity index (χ2n) is 5.67. The summed E-state index contributed by atoms with van der Waals surface area (Å²) >= 11 is 0. The molecule has 2 aliphatic rings. The molecule has 0 aromatic heterocycles. The van der Waals surface area contributed by atoms with Gasteiger partial charge >= 0.3 is 0 Å². The van der Waals surface area contributed by atoms with Gasteiger partial charge in [0, 0.05) is 6.04 Å². The molecule has 0 aromatic rings. The fourth-order valence-corrected chi connectivity index (χ4v) is 3.02. The molecule has 0 aromatic carbocycles. The summed E-state index contributed by atoms with van der Waals surface area (Å²) in [7, 11) is 0. The second kappa shape index (κ2) is 5.38. The summed E-state index contributed by atoms with van der Waals surface area (Å²) in [5.74, 6) is 1.23. The van der Waals surface area contributed by atoms with Gasteiger partial charge in [-0.15, -0.1) is 0 Å². The van der Waals surface area contributed by atoms with Crippen molar-refractivity contribution in [2.24, 2.45) is 5.92 Å². The number of carbonyl (C=O) groups excluding carboxylic acids is 1. The molecule has 0 spiro atoms. The van der Waals surface area contributed by atoms with Gasteiger partial charge in [0.25, 0.3) is 0 Å². The van der Waals surface area contributed by atoms with Crippen LogP contribution in [0.2, 0.25) is 0 Å². The summed E-state index contributed by atoms with van der Waals surface area (Å²) in [6.07, 6.45) is 7.32. The number of nitrogens with one attached hydrogen (secondary N) is 1. The van der Waals surface area contributed by atoms with Gasteiger partial charge in [-0.2, -0.15) is 0 Å². The van der Waals surface area contributed by atoms with Gasteiger partial charge in [0.1, 0.15) is 0 Å². The highest BCUT2D eigenvalue weighted by molar-refractivity contribution is 5.84. The summed E-state index contributed by atoms with van der Waals surface area (Å²) in [5.41, 5.74) is 0. The molecule has 3 nitrogen and oxygen atoms in total. The topological polar surface area (TPSA) is 32.3 Å². The van der Waals surface area contributed by atoms with Gasteiger partial charge < -0.3 is 4.90 Å². The first-order valence-corrected chi connectivity index (χ1v) is 7.25. The summed E-state index contributed by atoms with van der Waals surface area (Å²) in [4.78, 5) is 14.5. The van der Waals surface area contributed by atoms with E-state index in [2.05, 4.69) is 31.0 Å². The van der Waals surface area contributed by atoms with E-state index >= 15 is 0 Å². The van der Waals surface area contributed by atoms with Gasteiger partial charge in [0.2, 0.25) is 5.91 Å². The highest BCUT2D eigenvalue weighted by Crippen LogP contribution is 2.36. The van der Waals surface area contributed by atoms with E-state index in [4.69, 9.17) is 0 Å². The van der Waals surface area contributed by atoms with Crippen LogP contribution >= 0.6 is 0 Å². The van der Waals surface area contributed by atoms with Gasteiger partial charge in [-0.1, -0.05) is 33.1 Å². The zero-order valence-electron chi connectivity index (χ0n) is 11.4. The van der Waals surface area contributed by atoms with Crippen molar-refractivity contribution < 1.29 is 4.79 Å². The number of hydrogen-bond donors (Lipinski definition) is 1. The maximum atomic E-state index is 12.4. The number of rotatable bonds is 6. The average molecular weight is 238 g/mol. The zero-order valence-corrected chi connectivity index (χ0v) is 11.4. The van der Waals surface area contributed by atoms with E-state index in [1.54, 1.807) is 0 Å². The Kier molecular flexibility index (Phi) is 4.08. The lowest BCUT2D eigenvalue weighted by atomic mass is 10.0. The Morgan fingerprint density at radius 2 is 2.12 bits per heavy atom. The Bertz CT molecular complexity index is 275. The zero-order chi connectivity index (χ0) is 12.4. The van der Waals surface area contributed by atoms with E-state index in [-0.39, 0.29) is 12.2 Å². The highest BCUT2D eigenvalue weighted by atomic mass is 16.2. The van der Waals surface area contributed by atoms with E-state index in [0.29, 0.717) is 11.9 Å². The molecule has 3 heteroatoms. The minimum absolute atomic E-state index is 0.0725. The molecule has 2 rings (SSSR count). The van der Waals surface area contributed by atoms with Crippen molar-refractivity contribution in [3.63, 3.8) is 0 Å². The molecule has 1 N–H and O–H groups in total. The van der Waals surface area contributed by atoms with Crippen molar-refractivity contribution >= 4 is 5.91 Å². The third-order valence-corrected chi connectivity index (χ3v) is 4.16. The Balaban J connectivity index is 1.99. The molecule has 1 amide bonds. The Labute approximate surface area is 105 Å². The van der Waals surface area contributed by atoms with Crippen molar-refractivity contribution in [1.82, 2.24) is 10.2 Å². The van der Waals surface area contributed by atoms with Crippen LogP contribution in [0, 0.1) is 5.92 Å². The highest BCUT2D eigenvalue weighted by Gasteiger charge is 2.40. The van der Waals surface area contributed by atoms with Crippen LogP contribution in [0.4, 0.5) is 0 Å². The van der Waals surface area contributed by atoms with Crippen LogP contribution in [-0.2, 0) is 4.79 Å². The minimum atomic E-state index is 0.0725. The Hall–Kier alpha value is -0.570. The van der Waals surface area contributed by atoms with Crippen molar-refractivity contribution in [2.45, 2.75) is 77.5 Å². The molecular weight excluding hydrogens is 212 g/mol. The quantitative estimate of drug-likeness (QED) is 0.771. The van der Waals surface area contributed by atoms with E-state index < -0.39 is 0 Å². The monoisotopic (exact) mass is 238 g/mol. The first-order valence-electron chi connectivity index (χ1n) is 7.25. The maximum Gasteiger partial charge on any atom is 0.241 e. The molecule has 3 atom stereocenters. The third kappa shape index (κ3) is 2.82. The second-order valence-corrected chi connectivity index (χ2v) is 5.67. The summed E-state index contributed by atoms with van der Waals surface area (Å²) < 4.78 is 0. The van der Waals surface area contributed by atoms with Crippen molar-refractivity contribution in [1.29, 1.82) is 0 Å². The molecule has 1 saturated carbocycles. The van der Waals surface area contributed by atoms with Crippen LogP contribution in [0.25, 0.3) is 0 Å². The first-order chi connectivity index (χ1) is 8.17. The molecule has 17 heavy (non-hydrogen) atoms.